The normalized spacial score (nSPS) is 13.6. The highest BCUT2D eigenvalue weighted by Gasteiger charge is 2.46. The van der Waals surface area contributed by atoms with Crippen LogP contribution < -0.4 is 26.4 Å². The van der Waals surface area contributed by atoms with Crippen molar-refractivity contribution in [2.75, 3.05) is 9.80 Å². The molecule has 2 aliphatic heterocycles. The van der Waals surface area contributed by atoms with E-state index in [2.05, 4.69) is 161 Å². The molecule has 45 heavy (non-hydrogen) atoms. The molecule has 0 saturated heterocycles. The molecule has 1 aromatic heterocycles. The smallest absolute Gasteiger partial charge is 0.297 e. The number of anilines is 6. The van der Waals surface area contributed by atoms with E-state index in [4.69, 9.17) is 4.42 Å². The first kappa shape index (κ1) is 27.8. The molecule has 0 fully saturated rings. The van der Waals surface area contributed by atoms with Gasteiger partial charge in [-0.25, -0.2) is 0 Å². The van der Waals surface area contributed by atoms with Gasteiger partial charge in [-0.1, -0.05) is 96.1 Å². The average Bonchev–Trinajstić information content (AvgIpc) is 3.43. The number of hydrogen-bond acceptors (Lipinski definition) is 3. The lowest BCUT2D eigenvalue weighted by atomic mass is 9.35. The van der Waals surface area contributed by atoms with Crippen LogP contribution in [0.15, 0.2) is 114 Å². The lowest BCUT2D eigenvalue weighted by Gasteiger charge is -2.42. The molecule has 3 heterocycles. The van der Waals surface area contributed by atoms with Crippen LogP contribution in [0.2, 0.25) is 0 Å². The minimum atomic E-state index is -0.0211. The molecule has 6 aromatic rings. The number of hydrogen-bond donors (Lipinski definition) is 0. The molecule has 5 aromatic carbocycles. The Morgan fingerprint density at radius 2 is 1.09 bits per heavy atom. The summed E-state index contributed by atoms with van der Waals surface area (Å²) in [4.78, 5) is 4.92. The van der Waals surface area contributed by atoms with Crippen LogP contribution in [0.5, 0.6) is 0 Å². The van der Waals surface area contributed by atoms with E-state index in [9.17, 15) is 0 Å². The second-order valence-corrected chi connectivity index (χ2v) is 13.6. The van der Waals surface area contributed by atoms with Gasteiger partial charge in [-0.3, -0.25) is 0 Å². The molecule has 8 rings (SSSR count). The molecule has 0 amide bonds. The van der Waals surface area contributed by atoms with Crippen LogP contribution in [0.25, 0.3) is 11.0 Å². The van der Waals surface area contributed by atoms with Crippen LogP contribution in [-0.4, -0.2) is 6.71 Å². The zero-order valence-corrected chi connectivity index (χ0v) is 27.0. The molecule has 0 unspecified atom stereocenters. The molecule has 0 radical (unpaired) electrons. The maximum atomic E-state index is 6.91. The molecule has 0 saturated carbocycles. The third-order valence-electron chi connectivity index (χ3n) is 9.82. The summed E-state index contributed by atoms with van der Waals surface area (Å²) in [6.45, 7) is 13.5. The van der Waals surface area contributed by atoms with Gasteiger partial charge in [0.15, 0.2) is 0 Å². The first-order valence-electron chi connectivity index (χ1n) is 16.4. The Labute approximate surface area is 267 Å². The molecular weight excluding hydrogens is 547 g/mol. The van der Waals surface area contributed by atoms with Gasteiger partial charge in [-0.05, 0) is 100.0 Å². The Morgan fingerprint density at radius 1 is 0.533 bits per heavy atom. The molecule has 0 bridgehead atoms. The lowest BCUT2D eigenvalue weighted by molar-refractivity contribution is 0.651. The Bertz CT molecular complexity index is 2050. The van der Waals surface area contributed by atoms with E-state index in [1.54, 1.807) is 0 Å². The van der Waals surface area contributed by atoms with Gasteiger partial charge >= 0.3 is 0 Å². The summed E-state index contributed by atoms with van der Waals surface area (Å²) in [5, 5.41) is 1.14. The van der Waals surface area contributed by atoms with Gasteiger partial charge in [0.25, 0.3) is 6.71 Å². The number of fused-ring (bicyclic) bond motifs is 6. The second kappa shape index (κ2) is 10.4. The molecule has 0 aliphatic carbocycles. The fourth-order valence-corrected chi connectivity index (χ4v) is 7.30. The highest BCUT2D eigenvalue weighted by Crippen LogP contribution is 2.46. The van der Waals surface area contributed by atoms with Crippen molar-refractivity contribution in [1.82, 2.24) is 0 Å². The third kappa shape index (κ3) is 4.26. The van der Waals surface area contributed by atoms with Crippen LogP contribution >= 0.6 is 0 Å². The van der Waals surface area contributed by atoms with Crippen LogP contribution in [-0.2, 0) is 0 Å². The summed E-state index contributed by atoms with van der Waals surface area (Å²) in [7, 11) is 0. The quantitative estimate of drug-likeness (QED) is 0.187. The Hall–Kier alpha value is -4.70. The van der Waals surface area contributed by atoms with Crippen molar-refractivity contribution in [2.45, 2.75) is 59.3 Å². The molecule has 0 atom stereocenters. The zero-order valence-electron chi connectivity index (χ0n) is 27.0. The number of benzene rings is 5. The van der Waals surface area contributed by atoms with Gasteiger partial charge in [0.05, 0.1) is 11.3 Å². The van der Waals surface area contributed by atoms with E-state index in [0.29, 0.717) is 17.8 Å². The monoisotopic (exact) mass is 586 g/mol. The van der Waals surface area contributed by atoms with E-state index in [0.717, 1.165) is 28.0 Å². The summed E-state index contributed by atoms with van der Waals surface area (Å²) in [5.74, 6) is 1.38. The molecule has 0 N–H and O–H groups in total. The van der Waals surface area contributed by atoms with Crippen LogP contribution in [0, 0.1) is 0 Å². The molecule has 4 heteroatoms. The van der Waals surface area contributed by atoms with E-state index >= 15 is 0 Å². The third-order valence-corrected chi connectivity index (χ3v) is 9.82. The van der Waals surface area contributed by atoms with Crippen molar-refractivity contribution < 1.29 is 4.42 Å². The second-order valence-electron chi connectivity index (χ2n) is 13.6. The molecule has 2 aliphatic rings. The highest BCUT2D eigenvalue weighted by atomic mass is 16.3. The van der Waals surface area contributed by atoms with E-state index in [1.807, 2.05) is 0 Å². The van der Waals surface area contributed by atoms with Crippen molar-refractivity contribution >= 4 is 68.4 Å². The maximum absolute atomic E-state index is 6.91. The summed E-state index contributed by atoms with van der Waals surface area (Å²) in [5.41, 5.74) is 15.6. The van der Waals surface area contributed by atoms with Gasteiger partial charge in [0.2, 0.25) is 0 Å². The lowest BCUT2D eigenvalue weighted by Crippen LogP contribution is -2.61. The zero-order chi connectivity index (χ0) is 31.0. The fraction of sp³-hybridized carbons (Fsp3) is 0.220. The fourth-order valence-electron chi connectivity index (χ4n) is 7.30. The van der Waals surface area contributed by atoms with Crippen LogP contribution in [0.3, 0.4) is 0 Å². The van der Waals surface area contributed by atoms with Gasteiger partial charge < -0.3 is 14.2 Å². The number of para-hydroxylation sites is 1. The van der Waals surface area contributed by atoms with Crippen molar-refractivity contribution in [3.8, 4) is 0 Å². The standard InChI is InChI=1S/C41H39BN2O/c1-25(2)28-14-19-31(20-15-28)43-35-11-9-12-36-39(35)42(34-23-18-30(27(5)6)24-37(34)43)41-40(33-10-7-8-13-38(33)45-41)44(36)32-21-16-29(17-22-32)26(3)4/h7-27H,1-6H3. The van der Waals surface area contributed by atoms with Gasteiger partial charge in [-0.15, -0.1) is 0 Å². The first-order valence-corrected chi connectivity index (χ1v) is 16.4. The summed E-state index contributed by atoms with van der Waals surface area (Å²) >= 11 is 0. The number of furan rings is 1. The summed E-state index contributed by atoms with van der Waals surface area (Å²) < 4.78 is 6.91. The predicted octanol–water partition coefficient (Wildman–Crippen LogP) is 9.89. The average molecular weight is 587 g/mol. The van der Waals surface area contributed by atoms with E-state index in [1.165, 1.54) is 50.4 Å². The van der Waals surface area contributed by atoms with Gasteiger partial charge in [-0.2, -0.15) is 0 Å². The predicted molar refractivity (Wildman–Crippen MR) is 193 cm³/mol. The maximum Gasteiger partial charge on any atom is 0.297 e. The van der Waals surface area contributed by atoms with Crippen LogP contribution in [0.1, 0.15) is 76.0 Å². The molecule has 0 spiro atoms. The van der Waals surface area contributed by atoms with Crippen LogP contribution in [0.4, 0.5) is 34.1 Å². The van der Waals surface area contributed by atoms with Gasteiger partial charge in [0.1, 0.15) is 5.58 Å². The van der Waals surface area contributed by atoms with E-state index in [-0.39, 0.29) is 6.71 Å². The number of nitrogens with zero attached hydrogens (tertiary/aromatic N) is 2. The summed E-state index contributed by atoms with van der Waals surface area (Å²) in [6, 6.07) is 40.6. The Morgan fingerprint density at radius 3 is 1.71 bits per heavy atom. The Balaban J connectivity index is 1.43. The van der Waals surface area contributed by atoms with Crippen molar-refractivity contribution in [3.05, 3.63) is 126 Å². The number of rotatable bonds is 5. The minimum Gasteiger partial charge on any atom is -0.468 e. The first-order chi connectivity index (χ1) is 21.8. The Kier molecular flexibility index (Phi) is 6.46. The van der Waals surface area contributed by atoms with E-state index < -0.39 is 0 Å². The SMILES string of the molecule is CC(C)c1ccc(N2c3cc(C(C)C)ccc3B3c4oc5ccccc5c4N(c4ccc(C(C)C)cc4)c4cccc2c43)cc1. The van der Waals surface area contributed by atoms with Crippen molar-refractivity contribution in [1.29, 1.82) is 0 Å². The van der Waals surface area contributed by atoms with Crippen molar-refractivity contribution in [2.24, 2.45) is 0 Å². The topological polar surface area (TPSA) is 19.6 Å². The molecule has 3 nitrogen and oxygen atoms in total. The molecule has 222 valence electrons. The minimum absolute atomic E-state index is 0.0211. The molecular formula is C41H39BN2O. The summed E-state index contributed by atoms with van der Waals surface area (Å²) in [6.07, 6.45) is 0. The highest BCUT2D eigenvalue weighted by molar-refractivity contribution is 6.99. The van der Waals surface area contributed by atoms with Gasteiger partial charge in [0, 0.05) is 33.8 Å². The largest absolute Gasteiger partial charge is 0.468 e. The van der Waals surface area contributed by atoms with Crippen molar-refractivity contribution in [3.63, 3.8) is 0 Å².